The summed E-state index contributed by atoms with van der Waals surface area (Å²) in [5.74, 6) is -0.487. The summed E-state index contributed by atoms with van der Waals surface area (Å²) < 4.78 is 9.66. The van der Waals surface area contributed by atoms with Gasteiger partial charge in [0.2, 0.25) is 0 Å². The first-order chi connectivity index (χ1) is 10.3. The summed E-state index contributed by atoms with van der Waals surface area (Å²) in [4.78, 5) is 21.2. The lowest BCUT2D eigenvalue weighted by Crippen LogP contribution is -2.10. The topological polar surface area (TPSA) is 52.6 Å². The lowest BCUT2D eigenvalue weighted by Gasteiger charge is -2.23. The van der Waals surface area contributed by atoms with Gasteiger partial charge >= 0.3 is 11.9 Å². The minimum atomic E-state index is -0.244. The van der Waals surface area contributed by atoms with Crippen molar-refractivity contribution in [1.82, 2.24) is 0 Å². The van der Waals surface area contributed by atoms with Crippen LogP contribution in [0.2, 0.25) is 0 Å². The maximum Gasteiger partial charge on any atom is 0.302 e. The van der Waals surface area contributed by atoms with Crippen molar-refractivity contribution in [3.05, 3.63) is 24.3 Å². The second-order valence-electron chi connectivity index (χ2n) is 6.14. The molecule has 0 aliphatic heterocycles. The average Bonchev–Trinajstić information content (AvgIpc) is 2.41. The number of unbranched alkanes of at least 4 members (excludes halogenated alkanes) is 1. The van der Waals surface area contributed by atoms with E-state index < -0.39 is 0 Å². The smallest absolute Gasteiger partial charge is 0.302 e. The molecular formula is C18H30O4. The number of hydrogen-bond donors (Lipinski definition) is 0. The van der Waals surface area contributed by atoms with E-state index in [0.717, 1.165) is 32.1 Å². The van der Waals surface area contributed by atoms with Crippen molar-refractivity contribution in [2.75, 3.05) is 13.2 Å². The highest BCUT2D eigenvalue weighted by molar-refractivity contribution is 5.66. The van der Waals surface area contributed by atoms with Crippen molar-refractivity contribution < 1.29 is 19.1 Å². The first kappa shape index (κ1) is 20.4. The van der Waals surface area contributed by atoms with Gasteiger partial charge in [-0.1, -0.05) is 38.2 Å². The molecule has 22 heavy (non-hydrogen) atoms. The Morgan fingerprint density at radius 3 is 1.82 bits per heavy atom. The molecule has 0 rings (SSSR count). The Labute approximate surface area is 134 Å². The lowest BCUT2D eigenvalue weighted by atomic mass is 9.82. The second kappa shape index (κ2) is 12.0. The third-order valence-corrected chi connectivity index (χ3v) is 3.31. The normalized spacial score (nSPS) is 12.0. The molecule has 0 atom stereocenters. The molecule has 0 saturated heterocycles. The van der Waals surface area contributed by atoms with Crippen molar-refractivity contribution in [1.29, 1.82) is 0 Å². The fraction of sp³-hybridized carbons (Fsp3) is 0.667. The predicted octanol–water partition coefficient (Wildman–Crippen LogP) is 4.20. The molecule has 0 N–H and O–H groups in total. The molecule has 0 amide bonds. The van der Waals surface area contributed by atoms with Gasteiger partial charge in [0.05, 0.1) is 0 Å². The van der Waals surface area contributed by atoms with Gasteiger partial charge in [0.15, 0.2) is 0 Å². The van der Waals surface area contributed by atoms with Crippen LogP contribution in [0.4, 0.5) is 0 Å². The largest absolute Gasteiger partial charge is 0.462 e. The summed E-state index contributed by atoms with van der Waals surface area (Å²) in [6.07, 6.45) is 13.3. The molecule has 126 valence electrons. The SMILES string of the molecule is CC(=O)OC/C=C/CCCC(C)(C)CC/C=C/COC(C)=O. The Morgan fingerprint density at radius 2 is 1.32 bits per heavy atom. The molecule has 0 saturated carbocycles. The predicted molar refractivity (Wildman–Crippen MR) is 88.4 cm³/mol. The fourth-order valence-corrected chi connectivity index (χ4v) is 2.00. The number of allylic oxidation sites excluding steroid dienone is 2. The standard InChI is InChI=1S/C18H30O4/c1-16(19)21-14-10-6-5-8-12-18(3,4)13-9-7-11-15-22-17(2)20/h6-7,10-11H,5,8-9,12-15H2,1-4H3/b10-6+,11-7+. The van der Waals surface area contributed by atoms with Crippen molar-refractivity contribution in [2.24, 2.45) is 5.41 Å². The molecule has 4 heteroatoms. The van der Waals surface area contributed by atoms with Gasteiger partial charge in [-0.15, -0.1) is 0 Å². The van der Waals surface area contributed by atoms with Crippen molar-refractivity contribution in [3.63, 3.8) is 0 Å². The fourth-order valence-electron chi connectivity index (χ4n) is 2.00. The first-order valence-electron chi connectivity index (χ1n) is 7.90. The Bertz CT molecular complexity index is 381. The van der Waals surface area contributed by atoms with E-state index in [0.29, 0.717) is 18.6 Å². The van der Waals surface area contributed by atoms with Crippen LogP contribution < -0.4 is 0 Å². The molecule has 4 nitrogen and oxygen atoms in total. The average molecular weight is 310 g/mol. The lowest BCUT2D eigenvalue weighted by molar-refractivity contribution is -0.140. The highest BCUT2D eigenvalue weighted by Gasteiger charge is 2.15. The summed E-state index contributed by atoms with van der Waals surface area (Å²) in [5, 5.41) is 0. The summed E-state index contributed by atoms with van der Waals surface area (Å²) in [7, 11) is 0. The van der Waals surface area contributed by atoms with Gasteiger partial charge in [-0.25, -0.2) is 0 Å². The highest BCUT2D eigenvalue weighted by atomic mass is 16.5. The summed E-state index contributed by atoms with van der Waals surface area (Å²) >= 11 is 0. The van der Waals surface area contributed by atoms with Crippen LogP contribution in [0, 0.1) is 5.41 Å². The molecule has 0 aliphatic carbocycles. The van der Waals surface area contributed by atoms with Gasteiger partial charge in [0, 0.05) is 13.8 Å². The van der Waals surface area contributed by atoms with Gasteiger partial charge in [-0.3, -0.25) is 9.59 Å². The molecule has 0 unspecified atom stereocenters. The van der Waals surface area contributed by atoms with E-state index in [2.05, 4.69) is 26.0 Å². The van der Waals surface area contributed by atoms with Crippen LogP contribution in [-0.2, 0) is 19.1 Å². The number of hydrogen-bond acceptors (Lipinski definition) is 4. The van der Waals surface area contributed by atoms with E-state index in [1.54, 1.807) is 0 Å². The van der Waals surface area contributed by atoms with Crippen LogP contribution in [0.5, 0.6) is 0 Å². The van der Waals surface area contributed by atoms with Gasteiger partial charge in [0.1, 0.15) is 13.2 Å². The van der Waals surface area contributed by atoms with E-state index in [-0.39, 0.29) is 11.9 Å². The van der Waals surface area contributed by atoms with E-state index >= 15 is 0 Å². The maximum absolute atomic E-state index is 10.6. The van der Waals surface area contributed by atoms with Crippen LogP contribution in [0.25, 0.3) is 0 Å². The second-order valence-corrected chi connectivity index (χ2v) is 6.14. The third-order valence-electron chi connectivity index (χ3n) is 3.31. The summed E-state index contributed by atoms with van der Waals surface area (Å²) in [6, 6.07) is 0. The van der Waals surface area contributed by atoms with E-state index in [4.69, 9.17) is 9.47 Å². The zero-order chi connectivity index (χ0) is 16.8. The van der Waals surface area contributed by atoms with Crippen molar-refractivity contribution >= 4 is 11.9 Å². The number of esters is 2. The van der Waals surface area contributed by atoms with E-state index in [9.17, 15) is 9.59 Å². The first-order valence-corrected chi connectivity index (χ1v) is 7.90. The summed E-state index contributed by atoms with van der Waals surface area (Å²) in [5.41, 5.74) is 0.301. The minimum Gasteiger partial charge on any atom is -0.462 e. The van der Waals surface area contributed by atoms with E-state index in [1.165, 1.54) is 13.8 Å². The Balaban J connectivity index is 3.68. The summed E-state index contributed by atoms with van der Waals surface area (Å²) in [6.45, 7) is 8.11. The van der Waals surface area contributed by atoms with Crippen LogP contribution in [0.1, 0.15) is 59.8 Å². The number of carbonyl (C=O) groups excluding carboxylic acids is 2. The maximum atomic E-state index is 10.6. The molecule has 0 fully saturated rings. The van der Waals surface area contributed by atoms with Gasteiger partial charge in [-0.05, 0) is 37.5 Å². The molecule has 0 spiro atoms. The van der Waals surface area contributed by atoms with Crippen molar-refractivity contribution in [3.8, 4) is 0 Å². The Morgan fingerprint density at radius 1 is 0.818 bits per heavy atom. The Kier molecular flexibility index (Phi) is 11.2. The van der Waals surface area contributed by atoms with Crippen LogP contribution in [0.15, 0.2) is 24.3 Å². The van der Waals surface area contributed by atoms with Gasteiger partial charge < -0.3 is 9.47 Å². The molecule has 0 radical (unpaired) electrons. The molecule has 0 aromatic rings. The number of ether oxygens (including phenoxy) is 2. The molecule has 0 bridgehead atoms. The zero-order valence-electron chi connectivity index (χ0n) is 14.4. The third kappa shape index (κ3) is 14.8. The van der Waals surface area contributed by atoms with Gasteiger partial charge in [0.25, 0.3) is 0 Å². The molecule has 0 aromatic carbocycles. The molecule has 0 aliphatic rings. The zero-order valence-corrected chi connectivity index (χ0v) is 14.4. The molecular weight excluding hydrogens is 280 g/mol. The van der Waals surface area contributed by atoms with Gasteiger partial charge in [-0.2, -0.15) is 0 Å². The quantitative estimate of drug-likeness (QED) is 0.326. The monoisotopic (exact) mass is 310 g/mol. The molecule has 0 heterocycles. The van der Waals surface area contributed by atoms with Crippen LogP contribution >= 0.6 is 0 Å². The number of rotatable bonds is 11. The Hall–Kier alpha value is -1.58. The van der Waals surface area contributed by atoms with Crippen LogP contribution in [0.3, 0.4) is 0 Å². The van der Waals surface area contributed by atoms with Crippen LogP contribution in [-0.4, -0.2) is 25.2 Å². The number of carbonyl (C=O) groups is 2. The minimum absolute atomic E-state index is 0.243. The van der Waals surface area contributed by atoms with Crippen molar-refractivity contribution in [2.45, 2.75) is 59.8 Å². The molecule has 0 aromatic heterocycles. The highest BCUT2D eigenvalue weighted by Crippen LogP contribution is 2.29. The van der Waals surface area contributed by atoms with E-state index in [1.807, 2.05) is 12.2 Å².